The largest absolute Gasteiger partial charge is 0.389 e. The summed E-state index contributed by atoms with van der Waals surface area (Å²) in [5.41, 5.74) is 0.854. The highest BCUT2D eigenvalue weighted by Gasteiger charge is 2.25. The van der Waals surface area contributed by atoms with Gasteiger partial charge in [-0.15, -0.1) is 0 Å². The topological polar surface area (TPSA) is 69.6 Å². The van der Waals surface area contributed by atoms with Gasteiger partial charge in [-0.05, 0) is 25.1 Å². The van der Waals surface area contributed by atoms with Crippen molar-refractivity contribution in [1.29, 1.82) is 0 Å². The van der Waals surface area contributed by atoms with Crippen molar-refractivity contribution in [2.75, 3.05) is 18.0 Å². The summed E-state index contributed by atoms with van der Waals surface area (Å²) < 4.78 is 13.2. The average Bonchev–Trinajstić information content (AvgIpc) is 2.27. The van der Waals surface area contributed by atoms with Crippen LogP contribution in [0.3, 0.4) is 0 Å². The van der Waals surface area contributed by atoms with E-state index in [1.54, 1.807) is 0 Å². The van der Waals surface area contributed by atoms with Crippen molar-refractivity contribution in [3.8, 4) is 0 Å². The summed E-state index contributed by atoms with van der Waals surface area (Å²) in [5.74, 6) is -1.29. The molecule has 5 nitrogen and oxygen atoms in total. The number of imide groups is 1. The Labute approximate surface area is 103 Å². The minimum absolute atomic E-state index is 0.0110. The molecule has 0 saturated carbocycles. The number of rotatable bonds is 2. The van der Waals surface area contributed by atoms with E-state index in [4.69, 9.17) is 0 Å². The van der Waals surface area contributed by atoms with Crippen LogP contribution in [0, 0.1) is 5.82 Å². The second-order valence-corrected chi connectivity index (χ2v) is 4.21. The van der Waals surface area contributed by atoms with Gasteiger partial charge in [-0.25, -0.2) is 4.39 Å². The van der Waals surface area contributed by atoms with E-state index in [9.17, 15) is 19.1 Å². The molecule has 6 heteroatoms. The first-order valence-electron chi connectivity index (χ1n) is 5.52. The molecule has 0 bridgehead atoms. The van der Waals surface area contributed by atoms with Gasteiger partial charge in [0.1, 0.15) is 5.82 Å². The molecule has 1 fully saturated rings. The minimum atomic E-state index is -0.879. The Morgan fingerprint density at radius 3 is 2.50 bits per heavy atom. The lowest BCUT2D eigenvalue weighted by atomic mass is 10.1. The molecule has 0 spiro atoms. The molecule has 1 saturated heterocycles. The zero-order valence-electron chi connectivity index (χ0n) is 9.81. The fourth-order valence-electron chi connectivity index (χ4n) is 1.96. The number of carbonyl (C=O) groups is 2. The quantitative estimate of drug-likeness (QED) is 0.745. The lowest BCUT2D eigenvalue weighted by Crippen LogP contribution is -2.51. The Morgan fingerprint density at radius 2 is 1.94 bits per heavy atom. The lowest BCUT2D eigenvalue weighted by Gasteiger charge is -2.29. The maximum absolute atomic E-state index is 13.2. The molecule has 2 amide bonds. The van der Waals surface area contributed by atoms with Crippen LogP contribution in [-0.4, -0.2) is 30.0 Å². The van der Waals surface area contributed by atoms with Crippen molar-refractivity contribution < 1.29 is 19.1 Å². The third-order valence-corrected chi connectivity index (χ3v) is 2.73. The van der Waals surface area contributed by atoms with E-state index in [1.807, 2.05) is 0 Å². The summed E-state index contributed by atoms with van der Waals surface area (Å²) in [6.45, 7) is 1.53. The molecule has 1 aromatic carbocycles. The van der Waals surface area contributed by atoms with E-state index in [0.29, 0.717) is 11.3 Å². The van der Waals surface area contributed by atoms with Crippen molar-refractivity contribution >= 4 is 17.5 Å². The molecule has 0 aliphatic carbocycles. The molecular weight excluding hydrogens is 239 g/mol. The van der Waals surface area contributed by atoms with Gasteiger partial charge in [-0.3, -0.25) is 14.9 Å². The number of aliphatic hydroxyl groups is 1. The number of nitrogens with zero attached hydrogens (tertiary/aromatic N) is 1. The highest BCUT2D eigenvalue weighted by Crippen LogP contribution is 2.27. The van der Waals surface area contributed by atoms with Gasteiger partial charge in [0, 0.05) is 11.3 Å². The van der Waals surface area contributed by atoms with E-state index >= 15 is 0 Å². The van der Waals surface area contributed by atoms with E-state index < -0.39 is 23.7 Å². The molecule has 96 valence electrons. The monoisotopic (exact) mass is 252 g/mol. The molecule has 2 rings (SSSR count). The number of anilines is 1. The number of halogens is 1. The maximum atomic E-state index is 13.2. The average molecular weight is 252 g/mol. The van der Waals surface area contributed by atoms with Gasteiger partial charge in [0.25, 0.3) is 0 Å². The minimum Gasteiger partial charge on any atom is -0.389 e. The number of hydrogen-bond acceptors (Lipinski definition) is 4. The number of carbonyl (C=O) groups excluding carboxylic acids is 2. The summed E-state index contributed by atoms with van der Waals surface area (Å²) in [7, 11) is 0. The Hall–Kier alpha value is -1.95. The molecule has 1 aliphatic heterocycles. The standard InChI is InChI=1S/C12H13FN2O3/c1-7(16)9-4-8(13)2-3-10(9)15-5-11(17)14-12(18)6-15/h2-4,7,16H,5-6H2,1H3,(H,14,17,18). The number of piperazine rings is 1. The van der Waals surface area contributed by atoms with Crippen LogP contribution in [0.15, 0.2) is 18.2 Å². The summed E-state index contributed by atoms with van der Waals surface area (Å²) >= 11 is 0. The highest BCUT2D eigenvalue weighted by atomic mass is 19.1. The number of amides is 2. The van der Waals surface area contributed by atoms with Crippen LogP contribution in [0.25, 0.3) is 0 Å². The van der Waals surface area contributed by atoms with E-state index in [1.165, 1.54) is 30.0 Å². The first kappa shape index (κ1) is 12.5. The molecule has 1 aromatic rings. The molecule has 1 aliphatic rings. The molecule has 1 atom stereocenters. The van der Waals surface area contributed by atoms with Gasteiger partial charge in [-0.1, -0.05) is 0 Å². The predicted molar refractivity (Wildman–Crippen MR) is 62.4 cm³/mol. The predicted octanol–water partition coefficient (Wildman–Crippen LogP) is 0.342. The van der Waals surface area contributed by atoms with Crippen LogP contribution in [0.4, 0.5) is 10.1 Å². The van der Waals surface area contributed by atoms with Crippen LogP contribution in [0.1, 0.15) is 18.6 Å². The highest BCUT2D eigenvalue weighted by molar-refractivity contribution is 6.02. The van der Waals surface area contributed by atoms with Gasteiger partial charge in [0.15, 0.2) is 0 Å². The third kappa shape index (κ3) is 2.48. The molecule has 2 N–H and O–H groups in total. The first-order valence-corrected chi connectivity index (χ1v) is 5.52. The number of benzene rings is 1. The Kier molecular flexibility index (Phi) is 3.29. The normalized spacial score (nSPS) is 17.6. The van der Waals surface area contributed by atoms with Gasteiger partial charge >= 0.3 is 0 Å². The molecule has 0 aromatic heterocycles. The van der Waals surface area contributed by atoms with Crippen molar-refractivity contribution in [1.82, 2.24) is 5.32 Å². The Bertz CT molecular complexity index is 486. The van der Waals surface area contributed by atoms with Gasteiger partial charge in [0.2, 0.25) is 11.8 Å². The third-order valence-electron chi connectivity index (χ3n) is 2.73. The van der Waals surface area contributed by atoms with Crippen LogP contribution in [0.5, 0.6) is 0 Å². The first-order chi connectivity index (χ1) is 8.47. The van der Waals surface area contributed by atoms with Crippen LogP contribution in [0.2, 0.25) is 0 Å². The van der Waals surface area contributed by atoms with Crippen LogP contribution in [-0.2, 0) is 9.59 Å². The fourth-order valence-corrected chi connectivity index (χ4v) is 1.96. The summed E-state index contributed by atoms with van der Waals surface area (Å²) in [4.78, 5) is 24.1. The van der Waals surface area contributed by atoms with E-state index in [2.05, 4.69) is 5.32 Å². The molecule has 1 heterocycles. The van der Waals surface area contributed by atoms with Gasteiger partial charge in [0.05, 0.1) is 19.2 Å². The van der Waals surface area contributed by atoms with Gasteiger partial charge < -0.3 is 10.0 Å². The Morgan fingerprint density at radius 1 is 1.33 bits per heavy atom. The SMILES string of the molecule is CC(O)c1cc(F)ccc1N1CC(=O)NC(=O)C1. The summed E-state index contributed by atoms with van der Waals surface area (Å²) in [6, 6.07) is 3.90. The number of aliphatic hydroxyl groups excluding tert-OH is 1. The summed E-state index contributed by atoms with van der Waals surface area (Å²) in [5, 5.41) is 11.8. The van der Waals surface area contributed by atoms with Crippen molar-refractivity contribution in [3.05, 3.63) is 29.6 Å². The molecule has 18 heavy (non-hydrogen) atoms. The van der Waals surface area contributed by atoms with Crippen molar-refractivity contribution in [2.24, 2.45) is 0 Å². The number of hydrogen-bond donors (Lipinski definition) is 2. The Balaban J connectivity index is 2.37. The van der Waals surface area contributed by atoms with Crippen LogP contribution < -0.4 is 10.2 Å². The molecule has 0 radical (unpaired) electrons. The lowest BCUT2D eigenvalue weighted by molar-refractivity contribution is -0.130. The second kappa shape index (κ2) is 4.73. The fraction of sp³-hybridized carbons (Fsp3) is 0.333. The zero-order chi connectivity index (χ0) is 13.3. The summed E-state index contributed by atoms with van der Waals surface area (Å²) in [6.07, 6.45) is -0.879. The molecular formula is C12H13FN2O3. The molecule has 1 unspecified atom stereocenters. The number of nitrogens with one attached hydrogen (secondary N) is 1. The zero-order valence-corrected chi connectivity index (χ0v) is 9.81. The van der Waals surface area contributed by atoms with Crippen molar-refractivity contribution in [2.45, 2.75) is 13.0 Å². The van der Waals surface area contributed by atoms with E-state index in [0.717, 1.165) is 0 Å². The van der Waals surface area contributed by atoms with E-state index in [-0.39, 0.29) is 13.1 Å². The van der Waals surface area contributed by atoms with Crippen molar-refractivity contribution in [3.63, 3.8) is 0 Å². The smallest absolute Gasteiger partial charge is 0.246 e. The second-order valence-electron chi connectivity index (χ2n) is 4.21. The van der Waals surface area contributed by atoms with Gasteiger partial charge in [-0.2, -0.15) is 0 Å². The van der Waals surface area contributed by atoms with Crippen LogP contribution >= 0.6 is 0 Å². The maximum Gasteiger partial charge on any atom is 0.246 e.